The smallest absolute Gasteiger partial charge is 0.411 e. The van der Waals surface area contributed by atoms with Crippen LogP contribution in [0.15, 0.2) is 59.3 Å². The number of alkyl carbamates (subject to hydrolysis) is 1. The van der Waals surface area contributed by atoms with Crippen molar-refractivity contribution in [2.24, 2.45) is 0 Å². The molecule has 4 aliphatic heterocycles. The molecule has 92 heavy (non-hydrogen) atoms. The number of carbonyl (C=O) groups is 3. The number of hydrogen-bond donors (Lipinski definition) is 9. The second kappa shape index (κ2) is 32.6. The number of nitrogens with one attached hydrogen (secondary N) is 3. The van der Waals surface area contributed by atoms with Crippen molar-refractivity contribution in [3.63, 3.8) is 0 Å². The molecule has 0 radical (unpaired) electrons. The highest BCUT2D eigenvalue weighted by molar-refractivity contribution is 14.1. The van der Waals surface area contributed by atoms with Crippen LogP contribution in [0.2, 0.25) is 0 Å². The van der Waals surface area contributed by atoms with Gasteiger partial charge in [-0.1, -0.05) is 88.2 Å². The molecule has 0 saturated carbocycles. The van der Waals surface area contributed by atoms with E-state index in [1.165, 1.54) is 55.1 Å². The van der Waals surface area contributed by atoms with Crippen molar-refractivity contribution >= 4 is 78.6 Å². The number of aliphatic hydroxyl groups is 5. The number of methoxy groups -OCH3 is 5. The topological polar surface area (TPSA) is 334 Å². The van der Waals surface area contributed by atoms with Crippen molar-refractivity contribution in [2.75, 3.05) is 60.2 Å². The minimum Gasteiger partial charge on any atom is -0.492 e. The highest BCUT2D eigenvalue weighted by Gasteiger charge is 2.52. The highest BCUT2D eigenvalue weighted by atomic mass is 127. The molecular formula is C63H83IN4O21S3. The van der Waals surface area contributed by atoms with Gasteiger partial charge in [-0.3, -0.25) is 19.7 Å². The summed E-state index contributed by atoms with van der Waals surface area (Å²) in [7, 11) is 9.77. The number of hydrogen-bond acceptors (Lipinski definition) is 27. The minimum absolute atomic E-state index is 0.0217. The van der Waals surface area contributed by atoms with Crippen LogP contribution >= 0.6 is 55.9 Å². The summed E-state index contributed by atoms with van der Waals surface area (Å²) in [5, 5.41) is 63.3. The van der Waals surface area contributed by atoms with Crippen molar-refractivity contribution in [3.05, 3.63) is 79.6 Å². The fourth-order valence-corrected chi connectivity index (χ4v) is 15.9. The van der Waals surface area contributed by atoms with Gasteiger partial charge in [-0.05, 0) is 100 Å². The normalized spacial score (nSPS) is 34.0. The molecule has 29 heteroatoms. The predicted octanol–water partition coefficient (Wildman–Crippen LogP) is 4.44. The van der Waals surface area contributed by atoms with Gasteiger partial charge in [-0.25, -0.2) is 4.79 Å². The van der Waals surface area contributed by atoms with E-state index in [1.54, 1.807) is 40.9 Å². The molecule has 2 bridgehead atoms. The van der Waals surface area contributed by atoms with E-state index in [0.29, 0.717) is 21.4 Å². The first-order chi connectivity index (χ1) is 43.8. The number of thioether (sulfide) groups is 1. The van der Waals surface area contributed by atoms with Crippen molar-refractivity contribution in [3.8, 4) is 40.9 Å². The van der Waals surface area contributed by atoms with Gasteiger partial charge in [0.2, 0.25) is 17.2 Å². The lowest BCUT2D eigenvalue weighted by Gasteiger charge is -2.46. The molecule has 4 fully saturated rings. The Morgan fingerprint density at radius 1 is 0.880 bits per heavy atom. The number of ether oxygens (including phenoxy) is 12. The fraction of sp³-hybridized carbons (Fsp3) is 0.603. The first-order valence-electron chi connectivity index (χ1n) is 29.9. The van der Waals surface area contributed by atoms with Crippen LogP contribution in [0.1, 0.15) is 82.3 Å². The van der Waals surface area contributed by atoms with Crippen LogP contribution in [-0.4, -0.2) is 212 Å². The van der Waals surface area contributed by atoms with Crippen molar-refractivity contribution < 1.29 is 102 Å². The van der Waals surface area contributed by atoms with E-state index in [-0.39, 0.29) is 77.0 Å². The summed E-state index contributed by atoms with van der Waals surface area (Å²) in [4.78, 5) is 48.1. The van der Waals surface area contributed by atoms with Crippen LogP contribution in [0.25, 0.3) is 0 Å². The SMILES string of the molecule is CCN[C@H]1CO[C@@H](O[C@H]2[C@H](O[C@H]3C#C/C=C\C#C[C@]4(O)CC(=O)C(NC(=O)OC)=C3/C4=C\CSSC(C)(C)c3ccccc3N)O[C@H](C)[C@@H](NO[C@H]3C[C@H](O)[C@H](SC(=O)c4c(C)c(I)c(O[C@@H]5O[C@@H](C)[C@H](O)[C@@H](OC)[C@H]5O)c(OC)c4OC)[C@@H](C)O3)[C@@H]2O)C[C@@H]1OC. The summed E-state index contributed by atoms with van der Waals surface area (Å²) in [5.74, 6) is 11.3. The third-order valence-corrected chi connectivity index (χ3v) is 22.3. The summed E-state index contributed by atoms with van der Waals surface area (Å²) in [6.07, 6.45) is -14.2. The van der Waals surface area contributed by atoms with Crippen LogP contribution in [0.3, 0.4) is 0 Å². The monoisotopic (exact) mass is 1450 g/mol. The molecule has 2 aliphatic carbocycles. The van der Waals surface area contributed by atoms with E-state index in [4.69, 9.17) is 67.4 Å². The number of halogens is 1. The van der Waals surface area contributed by atoms with E-state index in [0.717, 1.165) is 24.4 Å². The van der Waals surface area contributed by atoms with Gasteiger partial charge in [0.25, 0.3) is 0 Å². The number of likely N-dealkylation sites (N-methyl/N-ethyl adjacent to an activating group) is 1. The molecule has 0 aromatic heterocycles. The highest BCUT2D eigenvalue weighted by Crippen LogP contribution is 2.50. The van der Waals surface area contributed by atoms with E-state index >= 15 is 0 Å². The summed E-state index contributed by atoms with van der Waals surface area (Å²) < 4.78 is 72.5. The number of carbonyl (C=O) groups excluding carboxylic acids is 3. The Bertz CT molecular complexity index is 3180. The first-order valence-corrected chi connectivity index (χ1v) is 34.2. The molecule has 8 rings (SSSR count). The van der Waals surface area contributed by atoms with Gasteiger partial charge < -0.3 is 93.4 Å². The molecule has 2 aromatic rings. The Kier molecular flexibility index (Phi) is 26.1. The van der Waals surface area contributed by atoms with Crippen LogP contribution in [0.5, 0.6) is 17.2 Å². The Balaban J connectivity index is 1.04. The third-order valence-electron chi connectivity index (χ3n) is 16.5. The number of allylic oxidation sites excluding steroid dienone is 3. The van der Waals surface area contributed by atoms with E-state index in [9.17, 15) is 39.9 Å². The Hall–Kier alpha value is -4.27. The summed E-state index contributed by atoms with van der Waals surface area (Å²) in [6.45, 7) is 13.5. The predicted molar refractivity (Wildman–Crippen MR) is 350 cm³/mol. The lowest BCUT2D eigenvalue weighted by molar-refractivity contribution is -0.336. The molecule has 10 N–H and O–H groups in total. The quantitative estimate of drug-likeness (QED) is 0.0185. The third kappa shape index (κ3) is 16.6. The maximum absolute atomic E-state index is 14.5. The van der Waals surface area contributed by atoms with Crippen molar-refractivity contribution in [1.29, 1.82) is 0 Å². The number of nitrogen functional groups attached to an aromatic ring is 1. The second-order valence-electron chi connectivity index (χ2n) is 23.0. The largest absolute Gasteiger partial charge is 0.492 e. The maximum Gasteiger partial charge on any atom is 0.411 e. The Labute approximate surface area is 561 Å². The summed E-state index contributed by atoms with van der Waals surface area (Å²) in [5.41, 5.74) is 9.07. The van der Waals surface area contributed by atoms with Gasteiger partial charge in [0.1, 0.15) is 36.6 Å². The number of anilines is 1. The van der Waals surface area contributed by atoms with Gasteiger partial charge in [-0.2, -0.15) is 5.48 Å². The molecule has 19 atom stereocenters. The van der Waals surface area contributed by atoms with Gasteiger partial charge >= 0.3 is 6.09 Å². The average molecular weight is 1460 g/mol. The maximum atomic E-state index is 14.5. The second-order valence-corrected chi connectivity index (χ2v) is 28.2. The van der Waals surface area contributed by atoms with Crippen LogP contribution in [0, 0.1) is 34.2 Å². The molecule has 2 aromatic carbocycles. The molecule has 1 amide bonds. The van der Waals surface area contributed by atoms with Crippen LogP contribution < -0.4 is 36.1 Å². The van der Waals surface area contributed by atoms with Crippen molar-refractivity contribution in [2.45, 2.75) is 188 Å². The van der Waals surface area contributed by atoms with Gasteiger partial charge in [-0.15, -0.1) is 0 Å². The number of para-hydroxylation sites is 1. The van der Waals surface area contributed by atoms with Gasteiger partial charge in [0.15, 0.2) is 41.8 Å². The Morgan fingerprint density at radius 2 is 1.60 bits per heavy atom. The number of aliphatic hydroxyl groups excluding tert-OH is 4. The first kappa shape index (κ1) is 73.5. The molecular weight excluding hydrogens is 1370 g/mol. The minimum atomic E-state index is -2.12. The number of hydroxylamine groups is 1. The van der Waals surface area contributed by atoms with Gasteiger partial charge in [0, 0.05) is 54.4 Å². The zero-order valence-electron chi connectivity index (χ0n) is 53.1. The molecule has 0 unspecified atom stereocenters. The average Bonchev–Trinajstić information content (AvgIpc) is 0.763. The molecule has 0 spiro atoms. The van der Waals surface area contributed by atoms with Crippen LogP contribution in [0.4, 0.5) is 10.5 Å². The summed E-state index contributed by atoms with van der Waals surface area (Å²) >= 11 is 2.82. The number of rotatable bonds is 23. The number of nitrogens with two attached hydrogens (primary N) is 1. The zero-order chi connectivity index (χ0) is 66.9. The zero-order valence-corrected chi connectivity index (χ0v) is 57.7. The van der Waals surface area contributed by atoms with E-state index in [1.807, 2.05) is 67.6 Å². The number of ketones is 1. The molecule has 4 saturated heterocycles. The summed E-state index contributed by atoms with van der Waals surface area (Å²) in [6, 6.07) is 6.25. The molecule has 4 heterocycles. The van der Waals surface area contributed by atoms with Crippen LogP contribution in [-0.2, 0) is 57.0 Å². The Morgan fingerprint density at radius 3 is 2.27 bits per heavy atom. The van der Waals surface area contributed by atoms with E-state index in [2.05, 4.69) is 39.8 Å². The van der Waals surface area contributed by atoms with Crippen molar-refractivity contribution in [1.82, 2.24) is 16.1 Å². The standard InChI is InChI=1S/C63H83IN4O21S3/c1-13-66-37-29-82-42(27-41(37)77-8)87-55-50(72)47(68-89-43-26-38(69)57(33(5)83-43)91-58(74)44-30(2)46(64)53(56(80-11)52(44)78-9)88-59-51(73)54(79-10)49(71)32(4)85-59)31(3)84-60(55)86-40-22-16-14-15-19-24-63(76)28-39(70)48(67-61(75)81-12)45(40)35(63)23-25-90-92-62(6,7)34-20-17-18-21-36(34)65/h14-15,17-18,20-21,23,31-33,37-38,40-43,47,49-51,54-55,57,59-60,66,68-69,71-73,76H,13,25-29,65H2,1-12H3,(H,67,75)/b15-14-,35-23+/t31-,32+,33-,37+,38+,40+,41+,42+,43+,47-,49+,50+,51-,54-,55-,57-,59+,60+,63+/m1/s1. The number of amides is 1. The van der Waals surface area contributed by atoms with E-state index < -0.39 is 131 Å². The molecule has 25 nitrogen and oxygen atoms in total. The number of Topliss-reactive ketones (excluding diaryl/α,β-unsaturated/α-hetero) is 1. The number of fused-ring (bicyclic) bond motifs is 2. The number of benzene rings is 2. The molecule has 6 aliphatic rings. The lowest BCUT2D eigenvalue weighted by Crippen LogP contribution is -2.65. The lowest BCUT2D eigenvalue weighted by atomic mass is 9.75. The fourth-order valence-electron chi connectivity index (χ4n) is 11.7. The van der Waals surface area contributed by atoms with Gasteiger partial charge in [0.05, 0.1) is 97.0 Å². The molecule has 506 valence electrons.